The quantitative estimate of drug-likeness (QED) is 0.278. The number of hydrogen-bond acceptors (Lipinski definition) is 6. The normalized spacial score (nSPS) is 0.800. The summed E-state index contributed by atoms with van der Waals surface area (Å²) in [6, 6.07) is 0. The van der Waals surface area contributed by atoms with Gasteiger partial charge in [0, 0.05) is 21.1 Å². The van der Waals surface area contributed by atoms with E-state index in [9.17, 15) is 0 Å². The Bertz CT molecular complexity index is 101. The Labute approximate surface area is 190 Å². The minimum absolute atomic E-state index is 0. The van der Waals surface area contributed by atoms with Gasteiger partial charge < -0.3 is 71.0 Å². The summed E-state index contributed by atoms with van der Waals surface area (Å²) in [6.45, 7) is 28.5. The molecule has 0 saturated carbocycles. The van der Waals surface area contributed by atoms with Crippen molar-refractivity contribution in [3.63, 3.8) is 0 Å². The molecule has 0 fully saturated rings. The summed E-state index contributed by atoms with van der Waals surface area (Å²) in [5.41, 5.74) is 0. The Kier molecular flexibility index (Phi) is 17500. The molecule has 9 heteroatoms. The molecular weight excluding hydrogens is 429 g/mol. The fraction of sp³-hybridized carbons (Fsp3) is 0. The molecule has 0 amide bonds. The van der Waals surface area contributed by atoms with Crippen molar-refractivity contribution in [2.75, 3.05) is 0 Å². The molecule has 0 radical (unpaired) electrons. The van der Waals surface area contributed by atoms with E-state index in [1.165, 1.54) is 0 Å². The van der Waals surface area contributed by atoms with Crippen molar-refractivity contribution in [1.82, 2.24) is 0 Å². The fourth-order valence-corrected chi connectivity index (χ4v) is 0. The van der Waals surface area contributed by atoms with Crippen molar-refractivity contribution >= 4 is 0 Å². The third-order valence-electron chi connectivity index (χ3n) is 0. The van der Waals surface area contributed by atoms with Crippen LogP contribution in [0.5, 0.6) is 0 Å². The van der Waals surface area contributed by atoms with Crippen molar-refractivity contribution in [3.05, 3.63) is 39.4 Å². The van der Waals surface area contributed by atoms with E-state index in [1.807, 2.05) is 0 Å². The van der Waals surface area contributed by atoms with Crippen LogP contribution in [0, 0.1) is 71.0 Å². The van der Waals surface area contributed by atoms with E-state index in [1.54, 1.807) is 0 Å². The Morgan fingerprint density at radius 3 is 0.333 bits per heavy atom. The van der Waals surface area contributed by atoms with Gasteiger partial charge in [0.2, 0.25) is 0 Å². The minimum Gasteiger partial charge on any atom is -0.512 e. The van der Waals surface area contributed by atoms with Gasteiger partial charge in [-0.3, -0.25) is 0 Å². The van der Waals surface area contributed by atoms with Crippen LogP contribution in [0.1, 0.15) is 0 Å². The average Bonchev–Trinajstić information content (AvgIpc) is 2.33. The van der Waals surface area contributed by atoms with Crippen molar-refractivity contribution in [2.24, 2.45) is 0 Å². The third kappa shape index (κ3) is 3050. The van der Waals surface area contributed by atoms with Gasteiger partial charge in [0.1, 0.15) is 0 Å². The van der Waals surface area contributed by atoms with Crippen LogP contribution in [0.3, 0.4) is 0 Å². The third-order valence-corrected chi connectivity index (χ3v) is 0. The molecule has 6 nitrogen and oxygen atoms in total. The summed E-state index contributed by atoms with van der Waals surface area (Å²) < 4.78 is 0. The van der Waals surface area contributed by atoms with Crippen LogP contribution >= 0.6 is 0 Å². The summed E-state index contributed by atoms with van der Waals surface area (Å²) >= 11 is 0. The van der Waals surface area contributed by atoms with Gasteiger partial charge >= 0.3 is 103 Å². The second kappa shape index (κ2) is 3550. The van der Waals surface area contributed by atoms with Crippen LogP contribution in [0.15, 0.2) is 0 Å². The SMILES string of the molecule is [C-]#N.[C-]#N.[C-]#N.[C-]#N.[C-]#N.[C-]#N.[K+].[K+].[Pt]. The first kappa shape index (κ1) is 74.1. The second-order valence-electron chi connectivity index (χ2n) is 0. The molecule has 0 saturated heterocycles. The zero-order valence-electron chi connectivity index (χ0n) is 8.00. The van der Waals surface area contributed by atoms with E-state index < -0.39 is 0 Å². The van der Waals surface area contributed by atoms with Crippen LogP contribution in [-0.2, 0) is 21.1 Å². The fourth-order valence-electron chi connectivity index (χ4n) is 0. The van der Waals surface area contributed by atoms with Gasteiger partial charge in [-0.1, -0.05) is 0 Å². The van der Waals surface area contributed by atoms with E-state index in [-0.39, 0.29) is 124 Å². The van der Waals surface area contributed by atoms with Crippen molar-refractivity contribution in [1.29, 1.82) is 31.6 Å². The molecule has 0 aromatic carbocycles. The van der Waals surface area contributed by atoms with Crippen molar-refractivity contribution in [3.8, 4) is 0 Å². The monoisotopic (exact) mass is 429 g/mol. The summed E-state index contributed by atoms with van der Waals surface area (Å²) in [7, 11) is 0. The molecule has 0 bridgehead atoms. The molecule has 15 heavy (non-hydrogen) atoms. The van der Waals surface area contributed by atoms with Crippen LogP contribution < -0.4 is 103 Å². The van der Waals surface area contributed by atoms with Crippen LogP contribution in [-0.4, -0.2) is 0 Å². The zero-order valence-corrected chi connectivity index (χ0v) is 16.5. The first-order valence-corrected chi connectivity index (χ1v) is 1.34. The predicted octanol–water partition coefficient (Wildman–Crippen LogP) is -5.42. The van der Waals surface area contributed by atoms with Crippen LogP contribution in [0.25, 0.3) is 0 Å². The van der Waals surface area contributed by atoms with E-state index in [4.69, 9.17) is 71.0 Å². The van der Waals surface area contributed by atoms with Crippen LogP contribution in [0.4, 0.5) is 0 Å². The standard InChI is InChI=1S/6CN.2K.Pt/c6*1-2;;;/q6*-1;2*+1;. The predicted molar refractivity (Wildman–Crippen MR) is 29.8 cm³/mol. The van der Waals surface area contributed by atoms with Gasteiger partial charge in [-0.15, -0.1) is 0 Å². The topological polar surface area (TPSA) is 143 Å². The Morgan fingerprint density at radius 1 is 0.333 bits per heavy atom. The molecule has 0 spiro atoms. The molecule has 0 aromatic rings. The molecule has 0 atom stereocenters. The molecular formula is C6K2N6Pt-4. The smallest absolute Gasteiger partial charge is 0.512 e. The van der Waals surface area contributed by atoms with Gasteiger partial charge in [0.05, 0.1) is 0 Å². The van der Waals surface area contributed by atoms with E-state index in [0.29, 0.717) is 0 Å². The second-order valence-corrected chi connectivity index (χ2v) is 0. The first-order chi connectivity index (χ1) is 6.00. The average molecular weight is 429 g/mol. The first-order valence-electron chi connectivity index (χ1n) is 1.34. The maximum Gasteiger partial charge on any atom is 1.00 e. The van der Waals surface area contributed by atoms with E-state index in [0.717, 1.165) is 0 Å². The van der Waals surface area contributed by atoms with Crippen molar-refractivity contribution < 1.29 is 124 Å². The maximum atomic E-state index is 6.25. The minimum atomic E-state index is 0. The zero-order chi connectivity index (χ0) is 12.0. The molecule has 0 aliphatic rings. The molecule has 0 rings (SSSR count). The van der Waals surface area contributed by atoms with E-state index >= 15 is 0 Å². The Balaban J connectivity index is -0.00000000396. The molecule has 0 heterocycles. The van der Waals surface area contributed by atoms with Gasteiger partial charge in [0.15, 0.2) is 0 Å². The molecule has 0 unspecified atom stereocenters. The van der Waals surface area contributed by atoms with Crippen LogP contribution in [0.2, 0.25) is 0 Å². The van der Waals surface area contributed by atoms with Crippen molar-refractivity contribution in [2.45, 2.75) is 0 Å². The maximum absolute atomic E-state index is 6.25. The van der Waals surface area contributed by atoms with Gasteiger partial charge in [-0.05, 0) is 0 Å². The number of nitrogens with zero attached hydrogens (tertiary/aromatic N) is 6. The van der Waals surface area contributed by atoms with Gasteiger partial charge in [0.25, 0.3) is 0 Å². The van der Waals surface area contributed by atoms with E-state index in [2.05, 4.69) is 0 Å². The largest absolute Gasteiger partial charge is 1.00 e. The molecule has 0 aliphatic heterocycles. The summed E-state index contributed by atoms with van der Waals surface area (Å²) in [4.78, 5) is 0. The molecule has 0 N–H and O–H groups in total. The Hall–Kier alpha value is 0.901. The van der Waals surface area contributed by atoms with Gasteiger partial charge in [-0.2, -0.15) is 0 Å². The number of rotatable bonds is 0. The summed E-state index contributed by atoms with van der Waals surface area (Å²) in [6.07, 6.45) is 0. The molecule has 0 aliphatic carbocycles. The summed E-state index contributed by atoms with van der Waals surface area (Å²) in [5, 5.41) is 37.5. The molecule has 70 valence electrons. The molecule has 0 aromatic heterocycles. The number of hydrogen-bond donors (Lipinski definition) is 0. The summed E-state index contributed by atoms with van der Waals surface area (Å²) in [5.74, 6) is 0. The van der Waals surface area contributed by atoms with Gasteiger partial charge in [-0.25, -0.2) is 0 Å². The Morgan fingerprint density at radius 2 is 0.333 bits per heavy atom.